The third kappa shape index (κ3) is 2.71. The number of nitrogens with zero attached hydrogens (tertiary/aromatic N) is 2. The summed E-state index contributed by atoms with van der Waals surface area (Å²) in [4.78, 5) is 0. The standard InChI is InChI=1S/C14H9FN2O/c15-13-2-1-3-14(8-13)17(18)10-12-6-4-11(9-16)5-7-12/h1-8,10H/b17-10-. The van der Waals surface area contributed by atoms with Gasteiger partial charge in [-0.3, -0.25) is 0 Å². The van der Waals surface area contributed by atoms with Crippen LogP contribution in [0.3, 0.4) is 0 Å². The molecular formula is C14H9FN2O. The Morgan fingerprint density at radius 3 is 2.50 bits per heavy atom. The van der Waals surface area contributed by atoms with E-state index in [2.05, 4.69) is 0 Å². The molecule has 0 spiro atoms. The summed E-state index contributed by atoms with van der Waals surface area (Å²) in [6, 6.07) is 14.0. The van der Waals surface area contributed by atoms with Gasteiger partial charge in [0.2, 0.25) is 5.69 Å². The monoisotopic (exact) mass is 240 g/mol. The highest BCUT2D eigenvalue weighted by molar-refractivity contribution is 5.76. The van der Waals surface area contributed by atoms with Gasteiger partial charge in [0.25, 0.3) is 0 Å². The minimum absolute atomic E-state index is 0.222. The maximum atomic E-state index is 12.9. The van der Waals surface area contributed by atoms with Crippen molar-refractivity contribution in [2.45, 2.75) is 0 Å². The van der Waals surface area contributed by atoms with Crippen molar-refractivity contribution in [3.63, 3.8) is 0 Å². The van der Waals surface area contributed by atoms with E-state index in [1.165, 1.54) is 24.4 Å². The zero-order chi connectivity index (χ0) is 13.0. The van der Waals surface area contributed by atoms with Gasteiger partial charge >= 0.3 is 0 Å². The van der Waals surface area contributed by atoms with Crippen molar-refractivity contribution in [3.8, 4) is 6.07 Å². The summed E-state index contributed by atoms with van der Waals surface area (Å²) in [6.07, 6.45) is 1.33. The van der Waals surface area contributed by atoms with E-state index in [9.17, 15) is 9.60 Å². The molecule has 0 aliphatic rings. The van der Waals surface area contributed by atoms with Gasteiger partial charge in [-0.1, -0.05) is 6.07 Å². The van der Waals surface area contributed by atoms with Crippen LogP contribution in [0.1, 0.15) is 11.1 Å². The third-order valence-corrected chi connectivity index (χ3v) is 2.37. The molecular weight excluding hydrogens is 231 g/mol. The Labute approximate surface area is 104 Å². The normalized spacial score (nSPS) is 11.0. The summed E-state index contributed by atoms with van der Waals surface area (Å²) in [7, 11) is 0. The lowest BCUT2D eigenvalue weighted by Crippen LogP contribution is -1.99. The summed E-state index contributed by atoms with van der Waals surface area (Å²) in [5.41, 5.74) is 1.39. The second-order valence-electron chi connectivity index (χ2n) is 3.67. The van der Waals surface area contributed by atoms with Gasteiger partial charge in [0.1, 0.15) is 5.82 Å². The Kier molecular flexibility index (Phi) is 3.35. The molecule has 2 aromatic carbocycles. The Morgan fingerprint density at radius 1 is 1.17 bits per heavy atom. The van der Waals surface area contributed by atoms with Gasteiger partial charge in [-0.25, -0.2) is 4.39 Å². The number of hydrogen-bond donors (Lipinski definition) is 0. The number of nitriles is 1. The lowest BCUT2D eigenvalue weighted by molar-refractivity contribution is -0.354. The molecule has 0 saturated heterocycles. The van der Waals surface area contributed by atoms with Crippen molar-refractivity contribution in [2.75, 3.05) is 0 Å². The minimum Gasteiger partial charge on any atom is -0.618 e. The average molecular weight is 240 g/mol. The zero-order valence-electron chi connectivity index (χ0n) is 9.38. The SMILES string of the molecule is N#Cc1ccc(/C=[N+](\[O-])c2cccc(F)c2)cc1. The molecule has 0 atom stereocenters. The molecule has 3 nitrogen and oxygen atoms in total. The van der Waals surface area contributed by atoms with Gasteiger partial charge in [-0.2, -0.15) is 10.0 Å². The molecule has 0 aromatic heterocycles. The van der Waals surface area contributed by atoms with E-state index < -0.39 is 5.82 Å². The lowest BCUT2D eigenvalue weighted by atomic mass is 10.2. The fourth-order valence-corrected chi connectivity index (χ4v) is 1.47. The number of benzene rings is 2. The molecule has 0 aliphatic carbocycles. The van der Waals surface area contributed by atoms with Crippen molar-refractivity contribution in [1.29, 1.82) is 5.26 Å². The predicted octanol–water partition coefficient (Wildman–Crippen LogP) is 2.96. The Bertz CT molecular complexity index is 627. The topological polar surface area (TPSA) is 49.9 Å². The van der Waals surface area contributed by atoms with Crippen molar-refractivity contribution >= 4 is 11.9 Å². The fraction of sp³-hybridized carbons (Fsp3) is 0. The molecule has 88 valence electrons. The van der Waals surface area contributed by atoms with E-state index in [0.717, 1.165) is 6.07 Å². The highest BCUT2D eigenvalue weighted by Gasteiger charge is 2.03. The van der Waals surface area contributed by atoms with Crippen LogP contribution in [0, 0.1) is 22.4 Å². The van der Waals surface area contributed by atoms with Crippen molar-refractivity contribution in [2.24, 2.45) is 0 Å². The van der Waals surface area contributed by atoms with Crippen LogP contribution >= 0.6 is 0 Å². The van der Waals surface area contributed by atoms with Crippen LogP contribution in [-0.4, -0.2) is 11.0 Å². The first-order valence-electron chi connectivity index (χ1n) is 5.26. The van der Waals surface area contributed by atoms with Crippen molar-refractivity contribution in [3.05, 3.63) is 70.7 Å². The van der Waals surface area contributed by atoms with E-state index in [1.807, 2.05) is 6.07 Å². The van der Waals surface area contributed by atoms with E-state index >= 15 is 0 Å². The van der Waals surface area contributed by atoms with Crippen LogP contribution in [0.4, 0.5) is 10.1 Å². The van der Waals surface area contributed by atoms with Crippen LogP contribution < -0.4 is 0 Å². The molecule has 2 aromatic rings. The van der Waals surface area contributed by atoms with E-state index in [4.69, 9.17) is 5.26 Å². The molecule has 0 radical (unpaired) electrons. The number of rotatable bonds is 2. The summed E-state index contributed by atoms with van der Waals surface area (Å²) in [5, 5.41) is 20.4. The summed E-state index contributed by atoms with van der Waals surface area (Å²) in [5.74, 6) is -0.457. The predicted molar refractivity (Wildman–Crippen MR) is 66.0 cm³/mol. The summed E-state index contributed by atoms with van der Waals surface area (Å²) < 4.78 is 13.5. The summed E-state index contributed by atoms with van der Waals surface area (Å²) >= 11 is 0. The van der Waals surface area contributed by atoms with E-state index in [0.29, 0.717) is 15.9 Å². The van der Waals surface area contributed by atoms with Crippen molar-refractivity contribution < 1.29 is 9.13 Å². The molecule has 2 rings (SSSR count). The smallest absolute Gasteiger partial charge is 0.219 e. The van der Waals surface area contributed by atoms with Crippen LogP contribution in [0.2, 0.25) is 0 Å². The molecule has 18 heavy (non-hydrogen) atoms. The van der Waals surface area contributed by atoms with Gasteiger partial charge in [0.15, 0.2) is 6.21 Å². The Morgan fingerprint density at radius 2 is 1.89 bits per heavy atom. The average Bonchev–Trinajstić information content (AvgIpc) is 2.39. The Hall–Kier alpha value is -2.67. The van der Waals surface area contributed by atoms with Crippen LogP contribution in [0.25, 0.3) is 0 Å². The van der Waals surface area contributed by atoms with Gasteiger partial charge in [0.05, 0.1) is 11.6 Å². The molecule has 4 heteroatoms. The maximum absolute atomic E-state index is 12.9. The molecule has 0 bridgehead atoms. The fourth-order valence-electron chi connectivity index (χ4n) is 1.47. The molecule has 0 aliphatic heterocycles. The van der Waals surface area contributed by atoms with Gasteiger partial charge in [-0.05, 0) is 30.3 Å². The third-order valence-electron chi connectivity index (χ3n) is 2.37. The Balaban J connectivity index is 2.30. The van der Waals surface area contributed by atoms with Gasteiger partial charge in [-0.15, -0.1) is 0 Å². The minimum atomic E-state index is -0.457. The molecule has 0 saturated carbocycles. The zero-order valence-corrected chi connectivity index (χ0v) is 9.38. The first-order valence-corrected chi connectivity index (χ1v) is 5.26. The quantitative estimate of drug-likeness (QED) is 0.350. The molecule has 0 heterocycles. The molecule has 0 amide bonds. The van der Waals surface area contributed by atoms with Crippen LogP contribution in [-0.2, 0) is 0 Å². The second kappa shape index (κ2) is 5.11. The van der Waals surface area contributed by atoms with Crippen molar-refractivity contribution in [1.82, 2.24) is 0 Å². The molecule has 0 N–H and O–H groups in total. The second-order valence-corrected chi connectivity index (χ2v) is 3.67. The summed E-state index contributed by atoms with van der Waals surface area (Å²) in [6.45, 7) is 0. The first kappa shape index (κ1) is 11.8. The van der Waals surface area contributed by atoms with E-state index in [-0.39, 0.29) is 5.69 Å². The van der Waals surface area contributed by atoms with Gasteiger partial charge < -0.3 is 5.21 Å². The largest absolute Gasteiger partial charge is 0.618 e. The van der Waals surface area contributed by atoms with Crippen LogP contribution in [0.15, 0.2) is 48.5 Å². The molecule has 0 fully saturated rings. The maximum Gasteiger partial charge on any atom is 0.219 e. The highest BCUT2D eigenvalue weighted by Crippen LogP contribution is 2.12. The number of hydrogen-bond acceptors (Lipinski definition) is 2. The van der Waals surface area contributed by atoms with E-state index in [1.54, 1.807) is 24.3 Å². The highest BCUT2D eigenvalue weighted by atomic mass is 19.1. The van der Waals surface area contributed by atoms with Gasteiger partial charge in [0, 0.05) is 17.7 Å². The lowest BCUT2D eigenvalue weighted by Gasteiger charge is -2.02. The van der Waals surface area contributed by atoms with Crippen LogP contribution in [0.5, 0.6) is 0 Å². The number of halogens is 1. The first-order chi connectivity index (χ1) is 8.69. The molecule has 0 unspecified atom stereocenters.